The van der Waals surface area contributed by atoms with Gasteiger partial charge in [-0.2, -0.15) is 0 Å². The molecule has 1 aromatic rings. The summed E-state index contributed by atoms with van der Waals surface area (Å²) in [4.78, 5) is 24.7. The maximum absolute atomic E-state index is 12.1. The second-order valence-corrected chi connectivity index (χ2v) is 6.46. The highest BCUT2D eigenvalue weighted by atomic mass is 16.4. The van der Waals surface area contributed by atoms with Crippen molar-refractivity contribution in [3.63, 3.8) is 0 Å². The highest BCUT2D eigenvalue weighted by Crippen LogP contribution is 2.21. The Morgan fingerprint density at radius 2 is 2.24 bits per heavy atom. The van der Waals surface area contributed by atoms with Crippen LogP contribution in [-0.4, -0.2) is 45.7 Å². The number of carbonyl (C=O) groups excluding carboxylic acids is 1. The van der Waals surface area contributed by atoms with Crippen molar-refractivity contribution in [1.82, 2.24) is 4.90 Å². The van der Waals surface area contributed by atoms with Crippen LogP contribution in [0.3, 0.4) is 0 Å². The van der Waals surface area contributed by atoms with Gasteiger partial charge in [-0.3, -0.25) is 4.79 Å². The van der Waals surface area contributed by atoms with Gasteiger partial charge in [-0.15, -0.1) is 0 Å². The first-order chi connectivity index (χ1) is 12.0. The predicted molar refractivity (Wildman–Crippen MR) is 93.4 cm³/mol. The minimum atomic E-state index is -1.10. The van der Waals surface area contributed by atoms with Crippen LogP contribution in [0.1, 0.15) is 61.8 Å². The lowest BCUT2D eigenvalue weighted by Crippen LogP contribution is -2.33. The van der Waals surface area contributed by atoms with Gasteiger partial charge in [0, 0.05) is 19.4 Å². The molecular weight excluding hydrogens is 322 g/mol. The molecule has 0 aliphatic carbocycles. The van der Waals surface area contributed by atoms with Gasteiger partial charge in [0.25, 0.3) is 0 Å². The van der Waals surface area contributed by atoms with Crippen LogP contribution in [0.15, 0.2) is 28.7 Å². The number of aromatic carboxylic acids is 1. The van der Waals surface area contributed by atoms with Crippen LogP contribution < -0.4 is 0 Å². The molecule has 0 spiro atoms. The number of rotatable bonds is 10. The summed E-state index contributed by atoms with van der Waals surface area (Å²) in [6.07, 6.45) is 8.95. The summed E-state index contributed by atoms with van der Waals surface area (Å²) in [6, 6.07) is 3.04. The van der Waals surface area contributed by atoms with Gasteiger partial charge >= 0.3 is 5.97 Å². The van der Waals surface area contributed by atoms with E-state index >= 15 is 0 Å². The third-order valence-corrected chi connectivity index (χ3v) is 4.51. The van der Waals surface area contributed by atoms with Crippen LogP contribution in [0.4, 0.5) is 0 Å². The first-order valence-corrected chi connectivity index (χ1v) is 8.99. The lowest BCUT2D eigenvalue weighted by molar-refractivity contribution is -0.128. The van der Waals surface area contributed by atoms with Crippen molar-refractivity contribution in [1.29, 1.82) is 0 Å². The number of hydrogen-bond acceptors (Lipinski definition) is 4. The number of amides is 1. The molecular formula is C19H27NO5. The Morgan fingerprint density at radius 1 is 1.44 bits per heavy atom. The standard InChI is InChI=1S/C19H27NO5/c1-2-3-4-5-15(21)8-6-14-7-11-18(22)20(14)13-12-16-9-10-17(25-16)19(23)24/h6,8-10,14-15,21H,2-5,7,11-13H2,1H3,(H,23,24)/b8-6+/t14?,15-/m0/s1. The molecule has 2 N–H and O–H groups in total. The Balaban J connectivity index is 1.86. The summed E-state index contributed by atoms with van der Waals surface area (Å²) in [5.41, 5.74) is 0. The van der Waals surface area contributed by atoms with Crippen molar-refractivity contribution in [3.8, 4) is 0 Å². The summed E-state index contributed by atoms with van der Waals surface area (Å²) < 4.78 is 5.23. The van der Waals surface area contributed by atoms with E-state index in [1.54, 1.807) is 17.0 Å². The lowest BCUT2D eigenvalue weighted by atomic mass is 10.1. The molecule has 0 saturated carbocycles. The Hall–Kier alpha value is -2.08. The molecule has 2 heterocycles. The zero-order chi connectivity index (χ0) is 18.2. The summed E-state index contributed by atoms with van der Waals surface area (Å²) >= 11 is 0. The molecule has 0 aromatic carbocycles. The Morgan fingerprint density at radius 3 is 2.92 bits per heavy atom. The van der Waals surface area contributed by atoms with Gasteiger partial charge in [0.05, 0.1) is 12.1 Å². The maximum Gasteiger partial charge on any atom is 0.371 e. The van der Waals surface area contributed by atoms with Crippen molar-refractivity contribution in [2.45, 2.75) is 64.0 Å². The van der Waals surface area contributed by atoms with Crippen molar-refractivity contribution >= 4 is 11.9 Å². The van der Waals surface area contributed by atoms with Crippen molar-refractivity contribution in [2.75, 3.05) is 6.54 Å². The quantitative estimate of drug-likeness (QED) is 0.500. The molecule has 1 aliphatic rings. The van der Waals surface area contributed by atoms with E-state index in [1.807, 2.05) is 6.08 Å². The van der Waals surface area contributed by atoms with Crippen molar-refractivity contribution in [2.24, 2.45) is 0 Å². The molecule has 1 amide bonds. The SMILES string of the molecule is CCCCC[C@H](O)/C=C/C1CCC(=O)N1CCc1ccc(C(=O)O)o1. The summed E-state index contributed by atoms with van der Waals surface area (Å²) in [6.45, 7) is 2.61. The normalized spacial score (nSPS) is 19.0. The van der Waals surface area contributed by atoms with Gasteiger partial charge < -0.3 is 19.5 Å². The minimum absolute atomic E-state index is 0.0118. The Labute approximate surface area is 148 Å². The predicted octanol–water partition coefficient (Wildman–Crippen LogP) is 3.01. The van der Waals surface area contributed by atoms with Crippen LogP contribution in [-0.2, 0) is 11.2 Å². The van der Waals surface area contributed by atoms with Crippen molar-refractivity contribution < 1.29 is 24.2 Å². The molecule has 138 valence electrons. The number of likely N-dealkylation sites (tertiary alicyclic amines) is 1. The zero-order valence-electron chi connectivity index (χ0n) is 14.7. The average molecular weight is 349 g/mol. The molecule has 6 nitrogen and oxygen atoms in total. The molecule has 1 aromatic heterocycles. The second kappa shape index (κ2) is 9.42. The van der Waals surface area contributed by atoms with E-state index in [0.717, 1.165) is 32.1 Å². The first-order valence-electron chi connectivity index (χ1n) is 8.99. The van der Waals surface area contributed by atoms with Gasteiger partial charge in [-0.25, -0.2) is 4.79 Å². The van der Waals surface area contributed by atoms with E-state index in [-0.39, 0.29) is 17.7 Å². The van der Waals surface area contributed by atoms with Crippen molar-refractivity contribution in [3.05, 3.63) is 35.8 Å². The zero-order valence-corrected chi connectivity index (χ0v) is 14.7. The van der Waals surface area contributed by atoms with E-state index in [1.165, 1.54) is 6.07 Å². The smallest absolute Gasteiger partial charge is 0.371 e. The summed E-state index contributed by atoms with van der Waals surface area (Å²) in [5, 5.41) is 18.9. The number of aliphatic hydroxyl groups is 1. The molecule has 0 bridgehead atoms. The fourth-order valence-electron chi connectivity index (χ4n) is 3.06. The number of carbonyl (C=O) groups is 2. The van der Waals surface area contributed by atoms with Gasteiger partial charge in [0.15, 0.2) is 0 Å². The van der Waals surface area contributed by atoms with Gasteiger partial charge in [-0.1, -0.05) is 38.3 Å². The highest BCUT2D eigenvalue weighted by Gasteiger charge is 2.29. The molecule has 2 rings (SSSR count). The number of carboxylic acid groups (broad SMARTS) is 1. The van der Waals surface area contributed by atoms with Crippen LogP contribution in [0.2, 0.25) is 0 Å². The third kappa shape index (κ3) is 5.74. The van der Waals surface area contributed by atoms with Crippen LogP contribution in [0.5, 0.6) is 0 Å². The van der Waals surface area contributed by atoms with E-state index in [0.29, 0.717) is 25.1 Å². The summed E-state index contributed by atoms with van der Waals surface area (Å²) in [5.74, 6) is -0.546. The Kier molecular flexibility index (Phi) is 7.25. The average Bonchev–Trinajstić information content (AvgIpc) is 3.18. The topological polar surface area (TPSA) is 91.0 Å². The molecule has 1 fully saturated rings. The Bertz CT molecular complexity index is 607. The number of carboxylic acids is 1. The number of hydrogen-bond donors (Lipinski definition) is 2. The number of aliphatic hydroxyl groups excluding tert-OH is 1. The van der Waals surface area contributed by atoms with E-state index in [2.05, 4.69) is 6.92 Å². The number of unbranched alkanes of at least 4 members (excludes halogenated alkanes) is 2. The molecule has 1 aliphatic heterocycles. The molecule has 6 heteroatoms. The van der Waals surface area contributed by atoms with Gasteiger partial charge in [0.1, 0.15) is 5.76 Å². The van der Waals surface area contributed by atoms with E-state index < -0.39 is 12.1 Å². The molecule has 1 saturated heterocycles. The second-order valence-electron chi connectivity index (χ2n) is 6.46. The van der Waals surface area contributed by atoms with Crippen LogP contribution in [0, 0.1) is 0 Å². The minimum Gasteiger partial charge on any atom is -0.475 e. The van der Waals surface area contributed by atoms with Gasteiger partial charge in [-0.05, 0) is 25.0 Å². The van der Waals surface area contributed by atoms with E-state index in [4.69, 9.17) is 9.52 Å². The molecule has 2 atom stereocenters. The number of furan rings is 1. The maximum atomic E-state index is 12.1. The molecule has 0 radical (unpaired) electrons. The molecule has 25 heavy (non-hydrogen) atoms. The highest BCUT2D eigenvalue weighted by molar-refractivity contribution is 5.84. The van der Waals surface area contributed by atoms with Gasteiger partial charge in [0.2, 0.25) is 11.7 Å². The largest absolute Gasteiger partial charge is 0.475 e. The monoisotopic (exact) mass is 349 g/mol. The molecule has 1 unspecified atom stereocenters. The third-order valence-electron chi connectivity index (χ3n) is 4.51. The van der Waals surface area contributed by atoms with E-state index in [9.17, 15) is 14.7 Å². The van der Waals surface area contributed by atoms with Crippen LogP contribution >= 0.6 is 0 Å². The first kappa shape index (κ1) is 19.2. The fraction of sp³-hybridized carbons (Fsp3) is 0.579. The van der Waals surface area contributed by atoms with Crippen LogP contribution in [0.25, 0.3) is 0 Å². The lowest BCUT2D eigenvalue weighted by Gasteiger charge is -2.22. The number of nitrogens with zero attached hydrogens (tertiary/aromatic N) is 1. The fourth-order valence-corrected chi connectivity index (χ4v) is 3.06. The summed E-state index contributed by atoms with van der Waals surface area (Å²) in [7, 11) is 0.